The van der Waals surface area contributed by atoms with E-state index in [1.165, 1.54) is 0 Å². The van der Waals surface area contributed by atoms with E-state index in [2.05, 4.69) is 6.07 Å². The summed E-state index contributed by atoms with van der Waals surface area (Å²) in [6, 6.07) is 2.81. The van der Waals surface area contributed by atoms with Crippen LogP contribution in [0.1, 0.15) is 6.42 Å². The minimum atomic E-state index is -2.75. The van der Waals surface area contributed by atoms with Crippen molar-refractivity contribution in [3.63, 3.8) is 0 Å². The molecule has 0 N–H and O–H groups in total. The number of hydrogen-bond acceptors (Lipinski definition) is 8. The van der Waals surface area contributed by atoms with Crippen LogP contribution in [0.4, 0.5) is 0 Å². The first-order valence-electron chi connectivity index (χ1n) is 10.8. The molecule has 0 spiro atoms. The number of hydrogen-bond donors (Lipinski definition) is 0. The lowest BCUT2D eigenvalue weighted by Crippen LogP contribution is -2.64. The first-order chi connectivity index (χ1) is 13.5. The van der Waals surface area contributed by atoms with E-state index in [1.807, 2.05) is 85.1 Å². The van der Waals surface area contributed by atoms with Crippen LogP contribution in [0.15, 0.2) is 0 Å². The van der Waals surface area contributed by atoms with Crippen LogP contribution in [0, 0.1) is 11.3 Å². The van der Waals surface area contributed by atoms with Crippen LogP contribution in [-0.2, 0) is 28.8 Å². The average Bonchev–Trinajstić information content (AvgIpc) is 2.34. The van der Waals surface area contributed by atoms with Crippen molar-refractivity contribution in [1.82, 2.24) is 0 Å². The Morgan fingerprint density at radius 1 is 0.452 bits per heavy atom. The summed E-state index contributed by atoms with van der Waals surface area (Å²) in [5.41, 5.74) is 0. The summed E-state index contributed by atoms with van der Waals surface area (Å²) >= 11 is 0. The van der Waals surface area contributed by atoms with Crippen molar-refractivity contribution in [1.29, 1.82) is 5.26 Å². The highest BCUT2D eigenvalue weighted by Crippen LogP contribution is 2.32. The molecule has 1 aliphatic heterocycles. The Balaban J connectivity index is 3.45. The highest BCUT2D eigenvalue weighted by molar-refractivity contribution is 6.93. The van der Waals surface area contributed by atoms with Crippen molar-refractivity contribution in [3.05, 3.63) is 0 Å². The third kappa shape index (κ3) is 11.1. The van der Waals surface area contributed by atoms with Crippen LogP contribution in [0.25, 0.3) is 0 Å². The van der Waals surface area contributed by atoms with Crippen molar-refractivity contribution in [2.45, 2.75) is 97.6 Å². The Morgan fingerprint density at radius 3 is 0.903 bits per heavy atom. The van der Waals surface area contributed by atoms with Crippen molar-refractivity contribution in [3.8, 4) is 6.07 Å². The fraction of sp³-hybridized carbons (Fsp3) is 0.938. The normalized spacial score (nSPS) is 29.3. The number of rotatable bonds is 2. The molecule has 182 valence electrons. The van der Waals surface area contributed by atoms with E-state index in [1.54, 1.807) is 0 Å². The summed E-state index contributed by atoms with van der Waals surface area (Å²) in [4.78, 5) is 0. The summed E-state index contributed by atoms with van der Waals surface area (Å²) < 4.78 is 46.1. The highest BCUT2D eigenvalue weighted by Gasteiger charge is 2.52. The molecule has 0 aromatic carbocycles. The van der Waals surface area contributed by atoms with Crippen LogP contribution in [0.5, 0.6) is 0 Å². The van der Waals surface area contributed by atoms with E-state index in [-0.39, 0.29) is 0 Å². The Labute approximate surface area is 197 Å². The molecule has 1 fully saturated rings. The van der Waals surface area contributed by atoms with Gasteiger partial charge in [0.25, 0.3) is 0 Å². The first kappa shape index (κ1) is 29.8. The molecule has 1 aliphatic rings. The molecular weight excluding hydrogens is 515 g/mol. The minimum Gasteiger partial charge on any atom is -0.416 e. The number of nitrogens with zero attached hydrogens (tertiary/aromatic N) is 1. The second-order valence-corrected chi connectivity index (χ2v) is 36.2. The van der Waals surface area contributed by atoms with Crippen LogP contribution >= 0.6 is 0 Å². The third-order valence-electron chi connectivity index (χ3n) is 4.07. The van der Waals surface area contributed by atoms with Gasteiger partial charge in [-0.15, -0.1) is 0 Å². The topological polar surface area (TPSA) is 88.4 Å². The van der Waals surface area contributed by atoms with Gasteiger partial charge < -0.3 is 28.8 Å². The van der Waals surface area contributed by atoms with Gasteiger partial charge in [0.15, 0.2) is 0 Å². The molecule has 31 heavy (non-hydrogen) atoms. The highest BCUT2D eigenvalue weighted by atomic mass is 28.5. The Bertz CT molecular complexity index is 636. The van der Waals surface area contributed by atoms with Gasteiger partial charge in [-0.2, -0.15) is 5.26 Å². The molecule has 0 radical (unpaired) electrons. The van der Waals surface area contributed by atoms with Crippen LogP contribution in [-0.4, -0.2) is 59.9 Å². The van der Waals surface area contributed by atoms with E-state index in [4.69, 9.17) is 28.8 Å². The summed E-state index contributed by atoms with van der Waals surface area (Å²) in [6.07, 6.45) is 0.375. The molecule has 0 bridgehead atoms. The van der Waals surface area contributed by atoms with Crippen molar-refractivity contribution < 1.29 is 28.8 Å². The fourth-order valence-electron chi connectivity index (χ4n) is 4.53. The van der Waals surface area contributed by atoms with Crippen LogP contribution in [0.2, 0.25) is 91.2 Å². The maximum atomic E-state index is 9.22. The van der Waals surface area contributed by atoms with E-state index in [0.29, 0.717) is 12.5 Å². The molecule has 8 nitrogen and oxygen atoms in total. The standard InChI is InChI=1S/C16H43NO7Si7/c1-25(2)18-26(3,4)20-28(7,8)22-30(11,12)24-31(13,16-14-15-17)23-29(9,10)21-27(5,6)19-25/h14,16H2,1-13H3. The van der Waals surface area contributed by atoms with Crippen LogP contribution < -0.4 is 0 Å². The third-order valence-corrected chi connectivity index (χ3v) is 32.3. The van der Waals surface area contributed by atoms with E-state index >= 15 is 0 Å². The van der Waals surface area contributed by atoms with Gasteiger partial charge in [-0.1, -0.05) is 0 Å². The molecule has 0 unspecified atom stereocenters. The predicted octanol–water partition coefficient (Wildman–Crippen LogP) is 5.31. The van der Waals surface area contributed by atoms with Gasteiger partial charge in [0.05, 0.1) is 6.07 Å². The van der Waals surface area contributed by atoms with E-state index in [9.17, 15) is 5.26 Å². The Kier molecular flexibility index (Phi) is 9.38. The number of nitriles is 1. The van der Waals surface area contributed by atoms with Crippen LogP contribution in [0.3, 0.4) is 0 Å². The Hall–Kier alpha value is 0.728. The molecule has 0 amide bonds. The summed E-state index contributed by atoms with van der Waals surface area (Å²) in [5, 5.41) is 9.22. The zero-order valence-electron chi connectivity index (χ0n) is 21.7. The molecule has 1 heterocycles. The Morgan fingerprint density at radius 2 is 0.677 bits per heavy atom. The second-order valence-electron chi connectivity index (χ2n) is 10.9. The van der Waals surface area contributed by atoms with E-state index < -0.39 is 59.9 Å². The van der Waals surface area contributed by atoms with Crippen molar-refractivity contribution in [2.24, 2.45) is 0 Å². The monoisotopic (exact) mass is 557 g/mol. The minimum absolute atomic E-state index is 0.375. The van der Waals surface area contributed by atoms with Crippen molar-refractivity contribution >= 4 is 59.9 Å². The molecule has 0 saturated carbocycles. The smallest absolute Gasteiger partial charge is 0.318 e. The van der Waals surface area contributed by atoms with Gasteiger partial charge >= 0.3 is 59.9 Å². The van der Waals surface area contributed by atoms with Gasteiger partial charge in [-0.3, -0.25) is 0 Å². The molecular formula is C16H43NO7Si7. The summed E-state index contributed by atoms with van der Waals surface area (Å²) in [7, 11) is -18.2. The lowest BCUT2D eigenvalue weighted by atomic mass is 10.6. The summed E-state index contributed by atoms with van der Waals surface area (Å²) in [6.45, 7) is 26.5. The quantitative estimate of drug-likeness (QED) is 0.422. The molecule has 1 rings (SSSR count). The van der Waals surface area contributed by atoms with Gasteiger partial charge in [0.1, 0.15) is 0 Å². The van der Waals surface area contributed by atoms with Gasteiger partial charge in [0, 0.05) is 12.5 Å². The predicted molar refractivity (Wildman–Crippen MR) is 139 cm³/mol. The van der Waals surface area contributed by atoms with Gasteiger partial charge in [0.2, 0.25) is 0 Å². The molecule has 1 saturated heterocycles. The zero-order chi connectivity index (χ0) is 24.6. The van der Waals surface area contributed by atoms with E-state index in [0.717, 1.165) is 0 Å². The lowest BCUT2D eigenvalue weighted by Gasteiger charge is -2.46. The maximum Gasteiger partial charge on any atom is 0.318 e. The second kappa shape index (κ2) is 9.77. The summed E-state index contributed by atoms with van der Waals surface area (Å²) in [5.74, 6) is 0. The maximum absolute atomic E-state index is 9.22. The van der Waals surface area contributed by atoms with Gasteiger partial charge in [-0.05, 0) is 85.1 Å². The fourth-order valence-corrected chi connectivity index (χ4v) is 41.7. The SMILES string of the molecule is C[Si]1(C)O[Si](C)(C)O[Si](C)(C)O[Si](C)(C)O[Si](C)(CCC#N)O[Si](C)(C)O[Si](C)(C)O1. The molecule has 0 aromatic rings. The van der Waals surface area contributed by atoms with Gasteiger partial charge in [-0.25, -0.2) is 0 Å². The molecule has 0 aliphatic carbocycles. The zero-order valence-corrected chi connectivity index (χ0v) is 28.7. The molecule has 15 heteroatoms. The average molecular weight is 558 g/mol. The lowest BCUT2D eigenvalue weighted by molar-refractivity contribution is 0.238. The first-order valence-corrected chi connectivity index (χ1v) is 30.2. The largest absolute Gasteiger partial charge is 0.416 e. The molecule has 0 atom stereocenters. The van der Waals surface area contributed by atoms with Crippen molar-refractivity contribution in [2.75, 3.05) is 0 Å². The molecule has 0 aromatic heterocycles.